The van der Waals surface area contributed by atoms with E-state index in [2.05, 4.69) is 10.4 Å². The summed E-state index contributed by atoms with van der Waals surface area (Å²) in [7, 11) is 0. The Balaban J connectivity index is 1.38. The average molecular weight is 470 g/mol. The highest BCUT2D eigenvalue weighted by atomic mass is 19.1. The largest absolute Gasteiger partial charge is 0.452 e. The molecule has 1 heterocycles. The lowest BCUT2D eigenvalue weighted by Gasteiger charge is -2.05. The number of benzene rings is 3. The SMILES string of the molecule is O=C(COC(=O)/C=C/c1cn(-c2ccccc2)nc1-c1ccc(F)cc1)NCCc1ccccc1. The number of amides is 1. The molecule has 6 nitrogen and oxygen atoms in total. The third-order valence-electron chi connectivity index (χ3n) is 5.20. The van der Waals surface area contributed by atoms with Gasteiger partial charge in [-0.2, -0.15) is 5.10 Å². The molecule has 4 rings (SSSR count). The number of para-hydroxylation sites is 1. The van der Waals surface area contributed by atoms with Crippen LogP contribution in [0, 0.1) is 5.82 Å². The molecule has 0 fully saturated rings. The third kappa shape index (κ3) is 6.74. The van der Waals surface area contributed by atoms with Crippen molar-refractivity contribution in [3.63, 3.8) is 0 Å². The van der Waals surface area contributed by atoms with Crippen molar-refractivity contribution >= 4 is 18.0 Å². The smallest absolute Gasteiger partial charge is 0.331 e. The Kier molecular flexibility index (Phi) is 7.81. The first-order chi connectivity index (χ1) is 17.1. The molecule has 0 aliphatic carbocycles. The van der Waals surface area contributed by atoms with Crippen LogP contribution in [0.25, 0.3) is 23.0 Å². The van der Waals surface area contributed by atoms with Crippen molar-refractivity contribution in [3.8, 4) is 16.9 Å². The summed E-state index contributed by atoms with van der Waals surface area (Å²) in [6.07, 6.45) is 5.28. The molecule has 0 saturated carbocycles. The van der Waals surface area contributed by atoms with Crippen LogP contribution < -0.4 is 5.32 Å². The van der Waals surface area contributed by atoms with Gasteiger partial charge in [0.05, 0.1) is 11.4 Å². The fraction of sp³-hybridized carbons (Fsp3) is 0.107. The third-order valence-corrected chi connectivity index (χ3v) is 5.20. The van der Waals surface area contributed by atoms with E-state index < -0.39 is 5.97 Å². The van der Waals surface area contributed by atoms with Gasteiger partial charge in [0, 0.05) is 29.9 Å². The number of halogens is 1. The summed E-state index contributed by atoms with van der Waals surface area (Å²) in [5, 5.41) is 7.35. The fourth-order valence-corrected chi connectivity index (χ4v) is 3.44. The van der Waals surface area contributed by atoms with Crippen molar-refractivity contribution in [2.45, 2.75) is 6.42 Å². The van der Waals surface area contributed by atoms with Gasteiger partial charge in [0.25, 0.3) is 5.91 Å². The Labute approximate surface area is 202 Å². The van der Waals surface area contributed by atoms with Crippen molar-refractivity contribution in [1.82, 2.24) is 15.1 Å². The molecule has 7 heteroatoms. The van der Waals surface area contributed by atoms with Gasteiger partial charge in [0.1, 0.15) is 5.82 Å². The first-order valence-electron chi connectivity index (χ1n) is 11.1. The number of aromatic nitrogens is 2. The predicted molar refractivity (Wildman–Crippen MR) is 132 cm³/mol. The van der Waals surface area contributed by atoms with Gasteiger partial charge in [-0.15, -0.1) is 0 Å². The molecule has 4 aromatic rings. The lowest BCUT2D eigenvalue weighted by atomic mass is 10.1. The number of hydrogen-bond donors (Lipinski definition) is 1. The maximum absolute atomic E-state index is 13.4. The molecule has 176 valence electrons. The van der Waals surface area contributed by atoms with E-state index in [4.69, 9.17) is 4.74 Å². The van der Waals surface area contributed by atoms with E-state index in [0.29, 0.717) is 29.8 Å². The minimum Gasteiger partial charge on any atom is -0.452 e. The second-order valence-electron chi connectivity index (χ2n) is 7.75. The minimum absolute atomic E-state index is 0.348. The van der Waals surface area contributed by atoms with Crippen molar-refractivity contribution in [1.29, 1.82) is 0 Å². The van der Waals surface area contributed by atoms with Gasteiger partial charge < -0.3 is 10.1 Å². The van der Waals surface area contributed by atoms with Crippen LogP contribution in [0.4, 0.5) is 4.39 Å². The Morgan fingerprint density at radius 3 is 2.34 bits per heavy atom. The second-order valence-corrected chi connectivity index (χ2v) is 7.75. The zero-order chi connectivity index (χ0) is 24.5. The molecule has 0 aliphatic rings. The van der Waals surface area contributed by atoms with Gasteiger partial charge in [-0.05, 0) is 54.5 Å². The van der Waals surface area contributed by atoms with Crippen molar-refractivity contribution in [2.24, 2.45) is 0 Å². The summed E-state index contributed by atoms with van der Waals surface area (Å²) >= 11 is 0. The molecule has 3 aromatic carbocycles. The van der Waals surface area contributed by atoms with Crippen LogP contribution in [0.1, 0.15) is 11.1 Å². The van der Waals surface area contributed by atoms with Gasteiger partial charge in [0.2, 0.25) is 0 Å². The molecule has 0 bridgehead atoms. The monoisotopic (exact) mass is 469 g/mol. The minimum atomic E-state index is -0.652. The highest BCUT2D eigenvalue weighted by Gasteiger charge is 2.12. The summed E-state index contributed by atoms with van der Waals surface area (Å²) in [5.74, 6) is -1.37. The van der Waals surface area contributed by atoms with Crippen LogP contribution in [-0.4, -0.2) is 34.8 Å². The lowest BCUT2D eigenvalue weighted by Crippen LogP contribution is -2.30. The lowest BCUT2D eigenvalue weighted by molar-refractivity contribution is -0.143. The number of nitrogens with one attached hydrogen (secondary N) is 1. The molecule has 0 unspecified atom stereocenters. The Morgan fingerprint density at radius 1 is 0.943 bits per heavy atom. The summed E-state index contributed by atoms with van der Waals surface area (Å²) in [6, 6.07) is 25.3. The van der Waals surface area contributed by atoms with Crippen LogP contribution in [0.5, 0.6) is 0 Å². The van der Waals surface area contributed by atoms with E-state index in [1.165, 1.54) is 18.2 Å². The molecule has 0 radical (unpaired) electrons. The fourth-order valence-electron chi connectivity index (χ4n) is 3.44. The van der Waals surface area contributed by atoms with E-state index in [1.807, 2.05) is 60.7 Å². The molecular formula is C28H24FN3O3. The van der Waals surface area contributed by atoms with Gasteiger partial charge in [-0.25, -0.2) is 13.9 Å². The highest BCUT2D eigenvalue weighted by Crippen LogP contribution is 2.25. The summed E-state index contributed by atoms with van der Waals surface area (Å²) in [4.78, 5) is 24.2. The van der Waals surface area contributed by atoms with E-state index in [1.54, 1.807) is 29.1 Å². The van der Waals surface area contributed by atoms with E-state index in [-0.39, 0.29) is 18.3 Å². The number of ether oxygens (including phenoxy) is 1. The Hall–Kier alpha value is -4.52. The first-order valence-corrected chi connectivity index (χ1v) is 11.1. The number of carbonyl (C=O) groups is 2. The van der Waals surface area contributed by atoms with Gasteiger partial charge >= 0.3 is 5.97 Å². The van der Waals surface area contributed by atoms with E-state index in [9.17, 15) is 14.0 Å². The summed E-state index contributed by atoms with van der Waals surface area (Å²) < 4.78 is 20.2. The molecule has 1 N–H and O–H groups in total. The number of carbonyl (C=O) groups excluding carboxylic acids is 2. The topological polar surface area (TPSA) is 73.2 Å². The predicted octanol–water partition coefficient (Wildman–Crippen LogP) is 4.59. The van der Waals surface area contributed by atoms with E-state index >= 15 is 0 Å². The molecule has 35 heavy (non-hydrogen) atoms. The second kappa shape index (κ2) is 11.6. The summed E-state index contributed by atoms with van der Waals surface area (Å²) in [6.45, 7) is 0.0853. The van der Waals surface area contributed by atoms with Gasteiger partial charge in [0.15, 0.2) is 6.61 Å². The molecule has 0 atom stereocenters. The van der Waals surface area contributed by atoms with Crippen molar-refractivity contribution in [3.05, 3.63) is 114 Å². The molecule has 0 aliphatic heterocycles. The van der Waals surface area contributed by atoms with Crippen LogP contribution in [0.3, 0.4) is 0 Å². The maximum atomic E-state index is 13.4. The zero-order valence-corrected chi connectivity index (χ0v) is 18.9. The highest BCUT2D eigenvalue weighted by molar-refractivity contribution is 5.90. The van der Waals surface area contributed by atoms with Crippen LogP contribution in [0.15, 0.2) is 97.2 Å². The number of nitrogens with zero attached hydrogens (tertiary/aromatic N) is 2. The standard InChI is InChI=1S/C28H24FN3O3/c29-24-14-11-22(12-15-24)28-23(19-32(31-28)25-9-5-2-6-10-25)13-16-27(34)35-20-26(33)30-18-17-21-7-3-1-4-8-21/h1-16,19H,17-18,20H2,(H,30,33)/b16-13+. The van der Waals surface area contributed by atoms with E-state index in [0.717, 1.165) is 11.3 Å². The number of hydrogen-bond acceptors (Lipinski definition) is 4. The molecule has 1 aromatic heterocycles. The Bertz CT molecular complexity index is 1300. The van der Waals surface area contributed by atoms with Crippen LogP contribution in [-0.2, 0) is 20.7 Å². The van der Waals surface area contributed by atoms with Gasteiger partial charge in [-0.1, -0.05) is 48.5 Å². The maximum Gasteiger partial charge on any atom is 0.331 e. The first kappa shape index (κ1) is 23.6. The van der Waals surface area contributed by atoms with Crippen molar-refractivity contribution < 1.29 is 18.7 Å². The average Bonchev–Trinajstić information content (AvgIpc) is 3.32. The van der Waals surface area contributed by atoms with Gasteiger partial charge in [-0.3, -0.25) is 4.79 Å². The molecule has 0 saturated heterocycles. The molecular weight excluding hydrogens is 445 g/mol. The summed E-state index contributed by atoms with van der Waals surface area (Å²) in [5.41, 5.74) is 3.87. The number of esters is 1. The zero-order valence-electron chi connectivity index (χ0n) is 18.9. The normalized spacial score (nSPS) is 10.9. The Morgan fingerprint density at radius 2 is 1.63 bits per heavy atom. The quantitative estimate of drug-likeness (QED) is 0.287. The number of rotatable bonds is 9. The van der Waals surface area contributed by atoms with Crippen molar-refractivity contribution in [2.75, 3.05) is 13.2 Å². The van der Waals surface area contributed by atoms with Crippen LogP contribution >= 0.6 is 0 Å². The molecule has 0 spiro atoms. The molecule has 1 amide bonds. The van der Waals surface area contributed by atoms with Crippen LogP contribution in [0.2, 0.25) is 0 Å².